The number of rotatable bonds is 5. The summed E-state index contributed by atoms with van der Waals surface area (Å²) in [5, 5.41) is 11.5. The number of nitrogens with one attached hydrogen (secondary N) is 1. The van der Waals surface area contributed by atoms with Gasteiger partial charge in [-0.3, -0.25) is 0 Å². The van der Waals surface area contributed by atoms with Gasteiger partial charge >= 0.3 is 0 Å². The van der Waals surface area contributed by atoms with Gasteiger partial charge in [-0.15, -0.1) is 0 Å². The van der Waals surface area contributed by atoms with Gasteiger partial charge < -0.3 is 10.2 Å². The topological polar surface area (TPSA) is 39.1 Å². The molecule has 0 bridgehead atoms. The van der Waals surface area contributed by atoms with Crippen molar-refractivity contribution in [1.82, 2.24) is 4.90 Å². The molecular weight excluding hydrogens is 272 g/mol. The van der Waals surface area contributed by atoms with E-state index in [1.165, 1.54) is 31.4 Å². The average molecular weight is 293 g/mol. The molecule has 1 aliphatic heterocycles. The van der Waals surface area contributed by atoms with Gasteiger partial charge in [0.05, 0.1) is 11.3 Å². The number of hydrogen-bond donors (Lipinski definition) is 1. The van der Waals surface area contributed by atoms with Gasteiger partial charge in [-0.05, 0) is 44.9 Å². The van der Waals surface area contributed by atoms with Crippen molar-refractivity contribution in [3.8, 4) is 6.07 Å². The van der Waals surface area contributed by atoms with Crippen LogP contribution in [0.25, 0.3) is 0 Å². The summed E-state index contributed by atoms with van der Waals surface area (Å²) >= 11 is 0. The molecule has 1 unspecified atom stereocenters. The summed E-state index contributed by atoms with van der Waals surface area (Å²) in [5.74, 6) is -2.05. The predicted octanol–water partition coefficient (Wildman–Crippen LogP) is 3.51. The number of piperidine rings is 1. The minimum absolute atomic E-state index is 0.123. The number of nitriles is 1. The Morgan fingerprint density at radius 3 is 2.86 bits per heavy atom. The highest BCUT2D eigenvalue weighted by molar-refractivity contribution is 5.49. The first-order valence-electron chi connectivity index (χ1n) is 7.49. The summed E-state index contributed by atoms with van der Waals surface area (Å²) < 4.78 is 27.2. The van der Waals surface area contributed by atoms with E-state index in [2.05, 4.69) is 17.1 Å². The van der Waals surface area contributed by atoms with Crippen molar-refractivity contribution in [2.45, 2.75) is 38.6 Å². The van der Waals surface area contributed by atoms with E-state index < -0.39 is 11.6 Å². The molecule has 0 radical (unpaired) electrons. The van der Waals surface area contributed by atoms with Crippen LogP contribution in [-0.4, -0.2) is 30.6 Å². The molecule has 0 amide bonds. The molecule has 1 aromatic rings. The van der Waals surface area contributed by atoms with Crippen molar-refractivity contribution >= 4 is 5.69 Å². The Labute approximate surface area is 124 Å². The lowest BCUT2D eigenvalue weighted by Gasteiger charge is -2.33. The fraction of sp³-hybridized carbons (Fsp3) is 0.562. The largest absolute Gasteiger partial charge is 0.383 e. The quantitative estimate of drug-likeness (QED) is 0.844. The maximum absolute atomic E-state index is 13.7. The van der Waals surface area contributed by atoms with Gasteiger partial charge in [-0.2, -0.15) is 5.26 Å². The van der Waals surface area contributed by atoms with Crippen molar-refractivity contribution in [3.05, 3.63) is 29.3 Å². The van der Waals surface area contributed by atoms with Crippen LogP contribution in [0.5, 0.6) is 0 Å². The molecule has 1 heterocycles. The third kappa shape index (κ3) is 3.92. The van der Waals surface area contributed by atoms with Crippen molar-refractivity contribution in [2.75, 3.05) is 25.0 Å². The fourth-order valence-corrected chi connectivity index (χ4v) is 2.77. The molecule has 1 aromatic carbocycles. The molecular formula is C16H21F2N3. The second-order valence-electron chi connectivity index (χ2n) is 5.56. The third-order valence-electron chi connectivity index (χ3n) is 4.08. The summed E-state index contributed by atoms with van der Waals surface area (Å²) in [6.45, 7) is 4.92. The van der Waals surface area contributed by atoms with Crippen molar-refractivity contribution in [1.29, 1.82) is 5.26 Å². The van der Waals surface area contributed by atoms with Crippen molar-refractivity contribution in [3.63, 3.8) is 0 Å². The molecule has 3 nitrogen and oxygen atoms in total. The second kappa shape index (κ2) is 7.37. The first-order valence-corrected chi connectivity index (χ1v) is 7.49. The molecule has 1 atom stereocenters. The smallest absolute Gasteiger partial charge is 0.183 e. The number of nitrogens with zero attached hydrogens (tertiary/aromatic N) is 2. The van der Waals surface area contributed by atoms with Crippen molar-refractivity contribution in [2.24, 2.45) is 0 Å². The van der Waals surface area contributed by atoms with E-state index in [9.17, 15) is 8.78 Å². The van der Waals surface area contributed by atoms with E-state index >= 15 is 0 Å². The molecule has 0 saturated carbocycles. The molecule has 1 aliphatic rings. The van der Waals surface area contributed by atoms with Gasteiger partial charge in [0.1, 0.15) is 6.07 Å². The van der Waals surface area contributed by atoms with Crippen LogP contribution in [-0.2, 0) is 0 Å². The highest BCUT2D eigenvalue weighted by atomic mass is 19.2. The first kappa shape index (κ1) is 15.7. The zero-order chi connectivity index (χ0) is 15.2. The molecule has 5 heteroatoms. The summed E-state index contributed by atoms with van der Waals surface area (Å²) in [7, 11) is 0. The zero-order valence-electron chi connectivity index (χ0n) is 12.3. The molecule has 1 N–H and O–H groups in total. The summed E-state index contributed by atoms with van der Waals surface area (Å²) in [5.41, 5.74) is -0.140. The van der Waals surface area contributed by atoms with E-state index in [-0.39, 0.29) is 11.3 Å². The molecule has 0 spiro atoms. The van der Waals surface area contributed by atoms with Crippen LogP contribution in [0.2, 0.25) is 0 Å². The van der Waals surface area contributed by atoms with Crippen LogP contribution in [0.4, 0.5) is 14.5 Å². The zero-order valence-corrected chi connectivity index (χ0v) is 12.3. The molecule has 0 aromatic heterocycles. The Balaban J connectivity index is 1.81. The molecule has 2 rings (SSSR count). The van der Waals surface area contributed by atoms with E-state index in [1.54, 1.807) is 6.07 Å². The normalized spacial score (nSPS) is 19.2. The van der Waals surface area contributed by atoms with E-state index in [1.807, 2.05) is 0 Å². The van der Waals surface area contributed by atoms with Crippen LogP contribution in [0.1, 0.15) is 38.2 Å². The van der Waals surface area contributed by atoms with Gasteiger partial charge in [-0.25, -0.2) is 8.78 Å². The van der Waals surface area contributed by atoms with E-state index in [0.717, 1.165) is 19.5 Å². The summed E-state index contributed by atoms with van der Waals surface area (Å²) in [6.07, 6.45) is 4.66. The highest BCUT2D eigenvalue weighted by Crippen LogP contribution is 2.20. The molecule has 1 fully saturated rings. The number of halogens is 2. The molecule has 114 valence electrons. The molecule has 21 heavy (non-hydrogen) atoms. The SMILES string of the molecule is CC1CCCCN1CCCNc1ccc(C#N)c(F)c1F. The van der Waals surface area contributed by atoms with Gasteiger partial charge in [0.2, 0.25) is 0 Å². The first-order chi connectivity index (χ1) is 10.1. The molecule has 0 aliphatic carbocycles. The Morgan fingerprint density at radius 2 is 2.14 bits per heavy atom. The van der Waals surface area contributed by atoms with Crippen LogP contribution < -0.4 is 5.32 Å². The van der Waals surface area contributed by atoms with Crippen LogP contribution in [0.3, 0.4) is 0 Å². The average Bonchev–Trinajstić information content (AvgIpc) is 2.49. The standard InChI is InChI=1S/C16H21F2N3/c1-12-5-2-3-9-21(12)10-4-8-20-14-7-6-13(11-19)15(17)16(14)18/h6-7,12,20H,2-5,8-10H2,1H3. The maximum atomic E-state index is 13.7. The lowest BCUT2D eigenvalue weighted by molar-refractivity contribution is 0.160. The summed E-state index contributed by atoms with van der Waals surface area (Å²) in [4.78, 5) is 2.45. The van der Waals surface area contributed by atoms with Gasteiger partial charge in [0.15, 0.2) is 11.6 Å². The second-order valence-corrected chi connectivity index (χ2v) is 5.56. The van der Waals surface area contributed by atoms with E-state index in [4.69, 9.17) is 5.26 Å². The lowest BCUT2D eigenvalue weighted by atomic mass is 10.0. The Morgan fingerprint density at radius 1 is 1.33 bits per heavy atom. The monoisotopic (exact) mass is 293 g/mol. The predicted molar refractivity (Wildman–Crippen MR) is 79.1 cm³/mol. The minimum Gasteiger partial charge on any atom is -0.383 e. The molecule has 1 saturated heterocycles. The Hall–Kier alpha value is -1.67. The van der Waals surface area contributed by atoms with Gasteiger partial charge in [0.25, 0.3) is 0 Å². The maximum Gasteiger partial charge on any atom is 0.183 e. The number of hydrogen-bond acceptors (Lipinski definition) is 3. The van der Waals surface area contributed by atoms with Crippen LogP contribution in [0, 0.1) is 23.0 Å². The Kier molecular flexibility index (Phi) is 5.51. The highest BCUT2D eigenvalue weighted by Gasteiger charge is 2.17. The fourth-order valence-electron chi connectivity index (χ4n) is 2.77. The Bertz CT molecular complexity index is 525. The summed E-state index contributed by atoms with van der Waals surface area (Å²) in [6, 6.07) is 4.96. The number of likely N-dealkylation sites (tertiary alicyclic amines) is 1. The van der Waals surface area contributed by atoms with E-state index in [0.29, 0.717) is 12.6 Å². The minimum atomic E-state index is -1.08. The van der Waals surface area contributed by atoms with Gasteiger partial charge in [0, 0.05) is 19.1 Å². The lowest BCUT2D eigenvalue weighted by Crippen LogP contribution is -2.38. The van der Waals surface area contributed by atoms with Crippen molar-refractivity contribution < 1.29 is 8.78 Å². The number of benzene rings is 1. The number of anilines is 1. The van der Waals surface area contributed by atoms with Crippen LogP contribution in [0.15, 0.2) is 12.1 Å². The van der Waals surface area contributed by atoms with Crippen LogP contribution >= 0.6 is 0 Å². The van der Waals surface area contributed by atoms with Gasteiger partial charge in [-0.1, -0.05) is 6.42 Å². The third-order valence-corrected chi connectivity index (χ3v) is 4.08.